The van der Waals surface area contributed by atoms with Crippen molar-refractivity contribution in [3.63, 3.8) is 0 Å². The minimum absolute atomic E-state index is 0.0951. The zero-order valence-corrected chi connectivity index (χ0v) is 24.1. The number of hydrogen-bond acceptors (Lipinski definition) is 11. The van der Waals surface area contributed by atoms with Crippen molar-refractivity contribution in [3.05, 3.63) is 12.2 Å². The molecule has 0 bridgehead atoms. The van der Waals surface area contributed by atoms with E-state index in [1.165, 1.54) is 10.9 Å². The molecule has 4 heterocycles. The Bertz CT molecular complexity index is 1280. The molecule has 14 heteroatoms. The van der Waals surface area contributed by atoms with Gasteiger partial charge in [-0.1, -0.05) is 13.8 Å². The number of fused-ring (bicyclic) bond motifs is 1. The lowest BCUT2D eigenvalue weighted by Gasteiger charge is -2.33. The number of anilines is 1. The molecule has 230 valence electrons. The summed E-state index contributed by atoms with van der Waals surface area (Å²) in [5.41, 5.74) is 6.89. The molecule has 14 nitrogen and oxygen atoms in total. The number of hydrogen-bond donors (Lipinski definition) is 4. The molecule has 42 heavy (non-hydrogen) atoms. The lowest BCUT2D eigenvalue weighted by Crippen LogP contribution is -2.43. The SMILES string of the molecule is CC.Nc1nc(CCCC2CCN(C(=O)OC3CC(=O)C3)CC2)nc2c1ncn2[C@@H]1O[C@H](C(=O)NC2CC2)[C@H](O)C1O. The number of ether oxygens (including phenoxy) is 2. The predicted octanol–water partition coefficient (Wildman–Crippen LogP) is 1.24. The van der Waals surface area contributed by atoms with E-state index in [1.807, 2.05) is 13.8 Å². The Hall–Kier alpha value is -3.36. The van der Waals surface area contributed by atoms with E-state index in [1.54, 1.807) is 4.90 Å². The van der Waals surface area contributed by atoms with Crippen LogP contribution in [0.2, 0.25) is 0 Å². The van der Waals surface area contributed by atoms with Crippen LogP contribution in [0.15, 0.2) is 6.33 Å². The van der Waals surface area contributed by atoms with Crippen molar-refractivity contribution in [1.29, 1.82) is 0 Å². The molecule has 6 rings (SSSR count). The van der Waals surface area contributed by atoms with Crippen LogP contribution in [0.3, 0.4) is 0 Å². The summed E-state index contributed by atoms with van der Waals surface area (Å²) in [7, 11) is 0. The highest BCUT2D eigenvalue weighted by Gasteiger charge is 2.48. The third-order valence-electron chi connectivity index (χ3n) is 8.25. The summed E-state index contributed by atoms with van der Waals surface area (Å²) < 4.78 is 12.7. The largest absolute Gasteiger partial charge is 0.445 e. The number of carbonyl (C=O) groups is 3. The molecule has 4 fully saturated rings. The maximum atomic E-state index is 12.5. The normalized spacial score (nSPS) is 26.5. The number of nitrogens with one attached hydrogen (secondary N) is 1. The second-order valence-electron chi connectivity index (χ2n) is 11.3. The number of aromatic nitrogens is 4. The van der Waals surface area contributed by atoms with E-state index in [-0.39, 0.29) is 29.8 Å². The molecule has 2 saturated carbocycles. The number of nitrogens with zero attached hydrogens (tertiary/aromatic N) is 5. The van der Waals surface area contributed by atoms with Crippen LogP contribution in [-0.4, -0.2) is 96.0 Å². The van der Waals surface area contributed by atoms with Gasteiger partial charge in [0.25, 0.3) is 5.91 Å². The number of likely N-dealkylation sites (tertiary alicyclic amines) is 1. The average molecular weight is 588 g/mol. The quantitative estimate of drug-likeness (QED) is 0.347. The molecule has 2 aromatic rings. The van der Waals surface area contributed by atoms with E-state index in [9.17, 15) is 24.6 Å². The van der Waals surface area contributed by atoms with Crippen LogP contribution < -0.4 is 11.1 Å². The van der Waals surface area contributed by atoms with Crippen molar-refractivity contribution in [2.24, 2.45) is 5.92 Å². The Kier molecular flexibility index (Phi) is 9.23. The van der Waals surface area contributed by atoms with Gasteiger partial charge in [0.1, 0.15) is 35.4 Å². The van der Waals surface area contributed by atoms with Crippen LogP contribution in [0.5, 0.6) is 0 Å². The number of nitrogen functional groups attached to an aromatic ring is 1. The molecular formula is C28H41N7O7. The summed E-state index contributed by atoms with van der Waals surface area (Å²) in [6.45, 7) is 5.27. The minimum Gasteiger partial charge on any atom is -0.445 e. The van der Waals surface area contributed by atoms with Crippen LogP contribution in [0, 0.1) is 5.92 Å². The van der Waals surface area contributed by atoms with Gasteiger partial charge in [-0.25, -0.2) is 19.7 Å². The Morgan fingerprint density at radius 1 is 1.12 bits per heavy atom. The third-order valence-corrected chi connectivity index (χ3v) is 8.25. The first-order chi connectivity index (χ1) is 20.3. The van der Waals surface area contributed by atoms with Gasteiger partial charge in [0.2, 0.25) is 0 Å². The second kappa shape index (κ2) is 12.9. The zero-order chi connectivity index (χ0) is 30.0. The van der Waals surface area contributed by atoms with E-state index in [4.69, 9.17) is 15.2 Å². The number of piperidine rings is 1. The Labute approximate surface area is 244 Å². The molecule has 4 atom stereocenters. The van der Waals surface area contributed by atoms with Crippen LogP contribution in [0.25, 0.3) is 11.2 Å². The number of aryl methyl sites for hydroxylation is 1. The maximum Gasteiger partial charge on any atom is 0.410 e. The van der Waals surface area contributed by atoms with Gasteiger partial charge in [-0.3, -0.25) is 14.2 Å². The molecule has 1 unspecified atom stereocenters. The summed E-state index contributed by atoms with van der Waals surface area (Å²) in [6.07, 6.45) is 2.36. The number of carbonyl (C=O) groups excluding carboxylic acids is 3. The topological polar surface area (TPSA) is 195 Å². The van der Waals surface area contributed by atoms with Gasteiger partial charge in [-0.05, 0) is 44.4 Å². The van der Waals surface area contributed by atoms with E-state index in [0.717, 1.165) is 38.5 Å². The molecule has 0 aromatic carbocycles. The molecule has 2 amide bonds. The predicted molar refractivity (Wildman–Crippen MR) is 150 cm³/mol. The fraction of sp³-hybridized carbons (Fsp3) is 0.714. The number of nitrogens with two attached hydrogens (primary N) is 1. The summed E-state index contributed by atoms with van der Waals surface area (Å²) in [5.74, 6) is 0.876. The van der Waals surface area contributed by atoms with Crippen LogP contribution in [0.1, 0.15) is 77.3 Å². The number of aliphatic hydroxyl groups excluding tert-OH is 2. The number of rotatable bonds is 8. The lowest BCUT2D eigenvalue weighted by molar-refractivity contribution is -0.137. The van der Waals surface area contributed by atoms with Crippen molar-refractivity contribution < 1.29 is 34.1 Å². The fourth-order valence-electron chi connectivity index (χ4n) is 5.60. The lowest BCUT2D eigenvalue weighted by atomic mass is 9.91. The standard InChI is InChI=1S/C26H35N7O7.C2H6/c27-22-18-23(33(12-28-18)25-20(36)19(35)21(40-25)24(37)29-14-4-5-14)31-17(30-22)3-1-2-13-6-8-32(9-7-13)26(38)39-16-10-15(34)11-16;1-2/h12-14,16,19-21,25,35-36H,1-11H2,(H,29,37)(H2,27,30,31);1-2H3/t19-,20?,21+,25-;/m1./s1. The smallest absolute Gasteiger partial charge is 0.410 e. The summed E-state index contributed by atoms with van der Waals surface area (Å²) in [6, 6.07) is 0.0951. The van der Waals surface area contributed by atoms with Gasteiger partial charge in [0.15, 0.2) is 23.8 Å². The van der Waals surface area contributed by atoms with Crippen molar-refractivity contribution in [2.45, 2.75) is 108 Å². The first-order valence-electron chi connectivity index (χ1n) is 15.0. The van der Waals surface area contributed by atoms with E-state index < -0.39 is 30.4 Å². The van der Waals surface area contributed by atoms with Gasteiger partial charge in [0.05, 0.1) is 6.33 Å². The van der Waals surface area contributed by atoms with Gasteiger partial charge >= 0.3 is 6.09 Å². The van der Waals surface area contributed by atoms with Crippen molar-refractivity contribution >= 4 is 34.8 Å². The van der Waals surface area contributed by atoms with Crippen LogP contribution in [-0.2, 0) is 25.5 Å². The summed E-state index contributed by atoms with van der Waals surface area (Å²) in [4.78, 5) is 50.9. The number of imidazole rings is 1. The minimum atomic E-state index is -1.39. The van der Waals surface area contributed by atoms with Gasteiger partial charge in [0, 0.05) is 38.4 Å². The molecule has 2 aromatic heterocycles. The van der Waals surface area contributed by atoms with Gasteiger partial charge in [-0.2, -0.15) is 0 Å². The van der Waals surface area contributed by atoms with Gasteiger partial charge in [-0.15, -0.1) is 0 Å². The average Bonchev–Trinajstić information content (AvgIpc) is 3.60. The van der Waals surface area contributed by atoms with E-state index >= 15 is 0 Å². The third kappa shape index (κ3) is 6.50. The molecule has 2 aliphatic heterocycles. The molecule has 0 spiro atoms. The molecule has 5 N–H and O–H groups in total. The second-order valence-corrected chi connectivity index (χ2v) is 11.3. The summed E-state index contributed by atoms with van der Waals surface area (Å²) in [5, 5.41) is 24.0. The first-order valence-corrected chi connectivity index (χ1v) is 15.0. The van der Waals surface area contributed by atoms with Crippen molar-refractivity contribution in [1.82, 2.24) is 29.7 Å². The highest BCUT2D eigenvalue weighted by atomic mass is 16.6. The molecule has 4 aliphatic rings. The number of Topliss-reactive ketones (excluding diaryl/α,β-unsaturated/α-hetero) is 1. The Balaban J connectivity index is 0.00000173. The molecule has 2 aliphatic carbocycles. The highest BCUT2D eigenvalue weighted by Crippen LogP contribution is 2.33. The highest BCUT2D eigenvalue weighted by molar-refractivity contribution is 5.86. The summed E-state index contributed by atoms with van der Waals surface area (Å²) >= 11 is 0. The van der Waals surface area contributed by atoms with E-state index in [0.29, 0.717) is 55.3 Å². The molecule has 2 saturated heterocycles. The van der Waals surface area contributed by atoms with Crippen LogP contribution >= 0.6 is 0 Å². The monoisotopic (exact) mass is 587 g/mol. The molecule has 0 radical (unpaired) electrons. The Morgan fingerprint density at radius 2 is 1.83 bits per heavy atom. The number of amides is 2. The van der Waals surface area contributed by atoms with E-state index in [2.05, 4.69) is 20.3 Å². The Morgan fingerprint density at radius 3 is 2.50 bits per heavy atom. The van der Waals surface area contributed by atoms with Crippen LogP contribution in [0.4, 0.5) is 10.6 Å². The fourth-order valence-corrected chi connectivity index (χ4v) is 5.60. The van der Waals surface area contributed by atoms with Crippen molar-refractivity contribution in [3.8, 4) is 0 Å². The van der Waals surface area contributed by atoms with Crippen molar-refractivity contribution in [2.75, 3.05) is 18.8 Å². The first kappa shape index (κ1) is 30.1. The number of ketones is 1. The van der Waals surface area contributed by atoms with Gasteiger partial charge < -0.3 is 35.6 Å². The molecular weight excluding hydrogens is 546 g/mol. The maximum absolute atomic E-state index is 12.5. The number of aliphatic hydroxyl groups is 2. The zero-order valence-electron chi connectivity index (χ0n) is 24.1.